The second-order valence-electron chi connectivity index (χ2n) is 8.66. The van der Waals surface area contributed by atoms with E-state index >= 15 is 0 Å². The van der Waals surface area contributed by atoms with Crippen LogP contribution in [0.5, 0.6) is 5.75 Å². The number of phenols is 1. The summed E-state index contributed by atoms with van der Waals surface area (Å²) in [6, 6.07) is 5.43. The predicted octanol–water partition coefficient (Wildman–Crippen LogP) is 6.54. The molecule has 1 amide bonds. The molecule has 180 valence electrons. The SMILES string of the molecule is CCCCC=CCCCCCCCCCCCC(=O)N[C@@H](Cc1ccc(O)cc1)C(=O)O. The van der Waals surface area contributed by atoms with Crippen molar-refractivity contribution in [3.63, 3.8) is 0 Å². The van der Waals surface area contributed by atoms with Gasteiger partial charge in [0.15, 0.2) is 0 Å². The lowest BCUT2D eigenvalue weighted by atomic mass is 10.0. The second kappa shape index (κ2) is 18.3. The van der Waals surface area contributed by atoms with Gasteiger partial charge in [0.2, 0.25) is 5.91 Å². The van der Waals surface area contributed by atoms with Gasteiger partial charge in [-0.1, -0.05) is 89.0 Å². The Hall–Kier alpha value is -2.30. The average molecular weight is 446 g/mol. The van der Waals surface area contributed by atoms with E-state index in [1.165, 1.54) is 76.3 Å². The third-order valence-electron chi connectivity index (χ3n) is 5.68. The number of carbonyl (C=O) groups excluding carboxylic acids is 1. The van der Waals surface area contributed by atoms with Crippen LogP contribution in [0, 0.1) is 0 Å². The molecule has 0 spiro atoms. The van der Waals surface area contributed by atoms with Gasteiger partial charge in [-0.15, -0.1) is 0 Å². The van der Waals surface area contributed by atoms with Gasteiger partial charge in [-0.3, -0.25) is 4.79 Å². The highest BCUT2D eigenvalue weighted by Gasteiger charge is 2.20. The molecule has 0 unspecified atom stereocenters. The third kappa shape index (κ3) is 14.7. The Morgan fingerprint density at radius 1 is 0.844 bits per heavy atom. The molecule has 0 heterocycles. The first-order valence-corrected chi connectivity index (χ1v) is 12.5. The van der Waals surface area contributed by atoms with E-state index in [4.69, 9.17) is 0 Å². The van der Waals surface area contributed by atoms with Gasteiger partial charge >= 0.3 is 5.97 Å². The van der Waals surface area contributed by atoms with E-state index in [0.29, 0.717) is 6.42 Å². The van der Waals surface area contributed by atoms with Gasteiger partial charge in [-0.25, -0.2) is 4.79 Å². The molecule has 5 heteroatoms. The van der Waals surface area contributed by atoms with Crippen LogP contribution in [-0.4, -0.2) is 28.1 Å². The zero-order valence-corrected chi connectivity index (χ0v) is 19.9. The Labute approximate surface area is 194 Å². The van der Waals surface area contributed by atoms with Gasteiger partial charge in [0.1, 0.15) is 11.8 Å². The molecule has 1 aromatic carbocycles. The van der Waals surface area contributed by atoms with Gasteiger partial charge in [-0.05, 0) is 43.4 Å². The topological polar surface area (TPSA) is 86.6 Å². The van der Waals surface area contributed by atoms with Crippen molar-refractivity contribution < 1.29 is 19.8 Å². The zero-order valence-electron chi connectivity index (χ0n) is 19.9. The number of carboxylic acid groups (broad SMARTS) is 1. The smallest absolute Gasteiger partial charge is 0.326 e. The molecular formula is C27H43NO4. The molecule has 1 atom stereocenters. The standard InChI is InChI=1S/C27H43NO4/c1-2-3-4-5-6-7-8-9-10-11-12-13-14-15-16-17-26(30)28-25(27(31)32)22-23-18-20-24(29)21-19-23/h5-6,18-21,25,29H,2-4,7-17,22H2,1H3,(H,28,30)(H,31,32)/t25-/m0/s1. The fourth-order valence-corrected chi connectivity index (χ4v) is 3.68. The molecule has 1 rings (SSSR count). The first-order chi connectivity index (χ1) is 15.5. The highest BCUT2D eigenvalue weighted by atomic mass is 16.4. The predicted molar refractivity (Wildman–Crippen MR) is 131 cm³/mol. The summed E-state index contributed by atoms with van der Waals surface area (Å²) in [6.07, 6.45) is 20.8. The monoisotopic (exact) mass is 445 g/mol. The number of aliphatic carboxylic acids is 1. The normalized spacial score (nSPS) is 12.2. The summed E-state index contributed by atoms with van der Waals surface area (Å²) in [5.41, 5.74) is 0.763. The number of allylic oxidation sites excluding steroid dienone is 2. The van der Waals surface area contributed by atoms with E-state index in [2.05, 4.69) is 24.4 Å². The molecule has 0 aromatic heterocycles. The molecule has 0 aliphatic carbocycles. The van der Waals surface area contributed by atoms with E-state index in [1.807, 2.05) is 0 Å². The molecule has 3 N–H and O–H groups in total. The summed E-state index contributed by atoms with van der Waals surface area (Å²) >= 11 is 0. The van der Waals surface area contributed by atoms with Crippen molar-refractivity contribution in [1.29, 1.82) is 0 Å². The summed E-state index contributed by atoms with van der Waals surface area (Å²) in [4.78, 5) is 23.6. The van der Waals surface area contributed by atoms with Crippen molar-refractivity contribution in [2.45, 2.75) is 109 Å². The van der Waals surface area contributed by atoms with Crippen LogP contribution >= 0.6 is 0 Å². The van der Waals surface area contributed by atoms with Gasteiger partial charge in [0.25, 0.3) is 0 Å². The van der Waals surface area contributed by atoms with E-state index in [0.717, 1.165) is 24.8 Å². The number of unbranched alkanes of at least 4 members (excludes halogenated alkanes) is 11. The van der Waals surface area contributed by atoms with Crippen LogP contribution in [-0.2, 0) is 16.0 Å². The summed E-state index contributed by atoms with van der Waals surface area (Å²) < 4.78 is 0. The Kier molecular flexibility index (Phi) is 15.9. The molecule has 32 heavy (non-hydrogen) atoms. The first-order valence-electron chi connectivity index (χ1n) is 12.5. The highest BCUT2D eigenvalue weighted by molar-refractivity contribution is 5.83. The molecule has 0 saturated carbocycles. The lowest BCUT2D eigenvalue weighted by Gasteiger charge is -2.14. The Morgan fingerprint density at radius 3 is 1.94 bits per heavy atom. The van der Waals surface area contributed by atoms with Crippen LogP contribution in [0.25, 0.3) is 0 Å². The summed E-state index contributed by atoms with van der Waals surface area (Å²) in [7, 11) is 0. The lowest BCUT2D eigenvalue weighted by molar-refractivity contribution is -0.141. The second-order valence-corrected chi connectivity index (χ2v) is 8.66. The molecule has 1 aromatic rings. The molecule has 0 aliphatic heterocycles. The molecule has 5 nitrogen and oxygen atoms in total. The maximum atomic E-state index is 12.1. The van der Waals surface area contributed by atoms with E-state index in [1.54, 1.807) is 12.1 Å². The number of nitrogens with one attached hydrogen (secondary N) is 1. The van der Waals surface area contributed by atoms with Gasteiger partial charge in [0.05, 0.1) is 0 Å². The summed E-state index contributed by atoms with van der Waals surface area (Å²) in [6.45, 7) is 2.23. The van der Waals surface area contributed by atoms with Crippen LogP contribution in [0.15, 0.2) is 36.4 Å². The minimum Gasteiger partial charge on any atom is -0.508 e. The number of hydrogen-bond donors (Lipinski definition) is 3. The van der Waals surface area contributed by atoms with Crippen molar-refractivity contribution in [3.05, 3.63) is 42.0 Å². The van der Waals surface area contributed by atoms with Gasteiger partial charge < -0.3 is 15.5 Å². The van der Waals surface area contributed by atoms with Crippen molar-refractivity contribution in [1.82, 2.24) is 5.32 Å². The fourth-order valence-electron chi connectivity index (χ4n) is 3.68. The number of aromatic hydroxyl groups is 1. The number of rotatable bonds is 19. The third-order valence-corrected chi connectivity index (χ3v) is 5.68. The molecule has 0 saturated heterocycles. The van der Waals surface area contributed by atoms with Crippen LogP contribution in [0.1, 0.15) is 102 Å². The minimum absolute atomic E-state index is 0.134. The summed E-state index contributed by atoms with van der Waals surface area (Å²) in [5.74, 6) is -1.12. The lowest BCUT2D eigenvalue weighted by Crippen LogP contribution is -2.42. The molecule has 0 aliphatic rings. The number of carbonyl (C=O) groups is 2. The van der Waals surface area contributed by atoms with Crippen LogP contribution < -0.4 is 5.32 Å². The molecular weight excluding hydrogens is 402 g/mol. The van der Waals surface area contributed by atoms with Crippen LogP contribution in [0.3, 0.4) is 0 Å². The minimum atomic E-state index is -1.04. The first kappa shape index (κ1) is 27.7. The number of hydrogen-bond acceptors (Lipinski definition) is 3. The van der Waals surface area contributed by atoms with Crippen LogP contribution in [0.4, 0.5) is 0 Å². The number of phenolic OH excluding ortho intramolecular Hbond substituents is 1. The average Bonchev–Trinajstić information content (AvgIpc) is 2.77. The van der Waals surface area contributed by atoms with E-state index in [-0.39, 0.29) is 18.1 Å². The fraction of sp³-hybridized carbons (Fsp3) is 0.630. The van der Waals surface area contributed by atoms with Crippen molar-refractivity contribution in [3.8, 4) is 5.75 Å². The van der Waals surface area contributed by atoms with Crippen LogP contribution in [0.2, 0.25) is 0 Å². The van der Waals surface area contributed by atoms with Gasteiger partial charge in [0, 0.05) is 12.8 Å². The maximum absolute atomic E-state index is 12.1. The number of amides is 1. The quantitative estimate of drug-likeness (QED) is 0.167. The van der Waals surface area contributed by atoms with E-state index < -0.39 is 12.0 Å². The Morgan fingerprint density at radius 2 is 1.38 bits per heavy atom. The van der Waals surface area contributed by atoms with Gasteiger partial charge in [-0.2, -0.15) is 0 Å². The van der Waals surface area contributed by atoms with Crippen molar-refractivity contribution >= 4 is 11.9 Å². The number of carboxylic acids is 1. The number of benzene rings is 1. The summed E-state index contributed by atoms with van der Waals surface area (Å²) in [5, 5.41) is 21.3. The molecule has 0 fully saturated rings. The van der Waals surface area contributed by atoms with Crippen molar-refractivity contribution in [2.24, 2.45) is 0 Å². The highest BCUT2D eigenvalue weighted by Crippen LogP contribution is 2.13. The maximum Gasteiger partial charge on any atom is 0.326 e. The molecule has 0 bridgehead atoms. The zero-order chi connectivity index (χ0) is 23.4. The Bertz CT molecular complexity index is 654. The Balaban J connectivity index is 2.01. The largest absolute Gasteiger partial charge is 0.508 e. The van der Waals surface area contributed by atoms with Crippen molar-refractivity contribution in [2.75, 3.05) is 0 Å². The molecule has 0 radical (unpaired) electrons. The van der Waals surface area contributed by atoms with E-state index in [9.17, 15) is 19.8 Å².